The number of rotatable bonds is 11. The number of aryl methyl sites for hydroxylation is 1. The van der Waals surface area contributed by atoms with Gasteiger partial charge in [-0.3, -0.25) is 9.59 Å². The van der Waals surface area contributed by atoms with Gasteiger partial charge in [-0.25, -0.2) is 9.38 Å². The van der Waals surface area contributed by atoms with E-state index in [9.17, 15) is 9.59 Å². The van der Waals surface area contributed by atoms with Crippen LogP contribution in [0.25, 0.3) is 27.0 Å². The summed E-state index contributed by atoms with van der Waals surface area (Å²) in [6.45, 7) is 14.5. The van der Waals surface area contributed by atoms with Gasteiger partial charge >= 0.3 is 0 Å². The van der Waals surface area contributed by atoms with Crippen molar-refractivity contribution >= 4 is 56.7 Å². The van der Waals surface area contributed by atoms with Crippen molar-refractivity contribution in [3.63, 3.8) is 0 Å². The van der Waals surface area contributed by atoms with Gasteiger partial charge in [0.15, 0.2) is 0 Å². The summed E-state index contributed by atoms with van der Waals surface area (Å²) < 4.78 is 4.59. The number of thiophene rings is 1. The van der Waals surface area contributed by atoms with Crippen LogP contribution in [0.1, 0.15) is 76.6 Å². The molecule has 0 spiro atoms. The monoisotopic (exact) mass is 585 g/mol. The number of carbonyl (C=O) groups excluding carboxylic acids is 1. The number of fused-ring (bicyclic) bond motifs is 4. The molecule has 40 heavy (non-hydrogen) atoms. The molecule has 7 nitrogen and oxygen atoms in total. The lowest BCUT2D eigenvalue weighted by Crippen LogP contribution is -2.34. The van der Waals surface area contributed by atoms with Crippen molar-refractivity contribution < 1.29 is 4.79 Å². The lowest BCUT2D eigenvalue weighted by Gasteiger charge is -2.26. The Labute approximate surface area is 247 Å². The predicted molar refractivity (Wildman–Crippen MR) is 169 cm³/mol. The van der Waals surface area contributed by atoms with Crippen molar-refractivity contribution in [2.45, 2.75) is 72.8 Å². The molecule has 5 rings (SSSR count). The van der Waals surface area contributed by atoms with E-state index in [4.69, 9.17) is 4.98 Å². The number of hydrogen-bond donors (Lipinski definition) is 0. The number of carbonyl (C=O) groups is 1. The summed E-state index contributed by atoms with van der Waals surface area (Å²) in [6.07, 6.45) is 6.83. The molecule has 0 saturated carbocycles. The van der Waals surface area contributed by atoms with Gasteiger partial charge < -0.3 is 14.4 Å². The first kappa shape index (κ1) is 30.5. The first-order valence-corrected chi connectivity index (χ1v) is 15.6. The second kappa shape index (κ2) is 13.5. The topological polar surface area (TPSA) is 62.9 Å². The second-order valence-corrected chi connectivity index (χ2v) is 12.9. The fourth-order valence-electron chi connectivity index (χ4n) is 5.65. The van der Waals surface area contributed by atoms with Crippen LogP contribution >= 0.6 is 23.7 Å². The van der Waals surface area contributed by atoms with Crippen molar-refractivity contribution in [1.82, 2.24) is 23.8 Å². The largest absolute Gasteiger partial charge is 0.339 e. The molecular formula is C31H44ClN5O2S. The number of imidazole rings is 1. The highest BCUT2D eigenvalue weighted by Crippen LogP contribution is 2.25. The average molecular weight is 586 g/mol. The van der Waals surface area contributed by atoms with Gasteiger partial charge in [-0.1, -0.05) is 34.1 Å². The molecule has 0 unspecified atom stereocenters. The Kier molecular flexibility index (Phi) is 10.3. The van der Waals surface area contributed by atoms with Crippen molar-refractivity contribution in [2.75, 3.05) is 32.7 Å². The third-order valence-electron chi connectivity index (χ3n) is 8.00. The molecule has 0 N–H and O–H groups in total. The molecular weight excluding hydrogens is 542 g/mol. The summed E-state index contributed by atoms with van der Waals surface area (Å²) in [5.74, 6) is 1.82. The molecule has 1 aliphatic heterocycles. The highest BCUT2D eigenvalue weighted by molar-refractivity contribution is 7.17. The average Bonchev–Trinajstić information content (AvgIpc) is 3.52. The minimum absolute atomic E-state index is 0. The first-order chi connectivity index (χ1) is 18.8. The van der Waals surface area contributed by atoms with Crippen LogP contribution in [-0.4, -0.2) is 62.4 Å². The summed E-state index contributed by atoms with van der Waals surface area (Å²) in [5.41, 5.74) is 3.14. The van der Waals surface area contributed by atoms with Gasteiger partial charge in [0.2, 0.25) is 5.78 Å². The predicted octanol–water partition coefficient (Wildman–Crippen LogP) is 6.70. The molecule has 4 heterocycles. The molecule has 1 saturated heterocycles. The Morgan fingerprint density at radius 3 is 2.35 bits per heavy atom. The minimum atomic E-state index is -0.0284. The maximum Gasteiger partial charge on any atom is 0.277 e. The smallest absolute Gasteiger partial charge is 0.277 e. The van der Waals surface area contributed by atoms with Gasteiger partial charge in [-0.2, -0.15) is 0 Å². The van der Waals surface area contributed by atoms with E-state index in [0.717, 1.165) is 62.0 Å². The van der Waals surface area contributed by atoms with E-state index in [2.05, 4.69) is 37.2 Å². The van der Waals surface area contributed by atoms with Crippen LogP contribution in [0.2, 0.25) is 0 Å². The molecule has 1 fully saturated rings. The fraction of sp³-hybridized carbons (Fsp3) is 0.581. The van der Waals surface area contributed by atoms with Gasteiger partial charge in [0.05, 0.1) is 16.6 Å². The highest BCUT2D eigenvalue weighted by Gasteiger charge is 2.21. The van der Waals surface area contributed by atoms with Crippen LogP contribution in [0.5, 0.6) is 0 Å². The van der Waals surface area contributed by atoms with Gasteiger partial charge in [0.1, 0.15) is 4.70 Å². The molecule has 1 amide bonds. The van der Waals surface area contributed by atoms with Crippen LogP contribution in [-0.2, 0) is 6.54 Å². The third kappa shape index (κ3) is 6.55. The van der Waals surface area contributed by atoms with Gasteiger partial charge in [-0.05, 0) is 93.2 Å². The van der Waals surface area contributed by atoms with E-state index in [0.29, 0.717) is 27.9 Å². The molecule has 0 radical (unpaired) electrons. The van der Waals surface area contributed by atoms with E-state index in [1.807, 2.05) is 34.5 Å². The van der Waals surface area contributed by atoms with Crippen molar-refractivity contribution in [2.24, 2.45) is 11.8 Å². The quantitative estimate of drug-likeness (QED) is 0.197. The summed E-state index contributed by atoms with van der Waals surface area (Å²) in [5, 5.41) is 1.93. The maximum absolute atomic E-state index is 13.8. The molecule has 9 heteroatoms. The number of piperidine rings is 1. The van der Waals surface area contributed by atoms with Crippen LogP contribution < -0.4 is 5.56 Å². The summed E-state index contributed by atoms with van der Waals surface area (Å²) in [6, 6.07) is 7.76. The summed E-state index contributed by atoms with van der Waals surface area (Å²) in [4.78, 5) is 36.9. The Morgan fingerprint density at radius 1 is 0.975 bits per heavy atom. The molecule has 0 bridgehead atoms. The number of hydrogen-bond acceptors (Lipinski definition) is 5. The van der Waals surface area contributed by atoms with Gasteiger partial charge in [0.25, 0.3) is 11.5 Å². The molecule has 0 atom stereocenters. The standard InChI is InChI=1S/C31H43N5O2S.ClH/c1-22(2)11-18-34(19-12-23(3)4)29(37)24-9-10-26-27(21-24)35(17-8-16-33-14-6-5-7-15-33)31-32-25-13-20-39-28(25)30(38)36(26)31;/h9-10,13,20-23H,5-8,11-12,14-19H2,1-4H3;1H. The van der Waals surface area contributed by atoms with Crippen LogP contribution in [0.15, 0.2) is 34.4 Å². The number of aromatic nitrogens is 3. The third-order valence-corrected chi connectivity index (χ3v) is 8.89. The zero-order chi connectivity index (χ0) is 27.5. The lowest BCUT2D eigenvalue weighted by molar-refractivity contribution is 0.0741. The van der Waals surface area contributed by atoms with E-state index < -0.39 is 0 Å². The van der Waals surface area contributed by atoms with Crippen LogP contribution in [0.3, 0.4) is 0 Å². The number of halogens is 1. The van der Waals surface area contributed by atoms with E-state index in [1.54, 1.807) is 4.40 Å². The molecule has 0 aliphatic carbocycles. The van der Waals surface area contributed by atoms with E-state index >= 15 is 0 Å². The molecule has 218 valence electrons. The Hall–Kier alpha value is -2.42. The fourth-order valence-corrected chi connectivity index (χ4v) is 6.41. The van der Waals surface area contributed by atoms with Crippen molar-refractivity contribution in [3.05, 3.63) is 45.6 Å². The van der Waals surface area contributed by atoms with Gasteiger partial charge in [-0.15, -0.1) is 23.7 Å². The zero-order valence-corrected chi connectivity index (χ0v) is 26.0. The van der Waals surface area contributed by atoms with Gasteiger partial charge in [0, 0.05) is 25.2 Å². The number of benzene rings is 1. The maximum atomic E-state index is 13.8. The number of amides is 1. The molecule has 1 aromatic carbocycles. The minimum Gasteiger partial charge on any atom is -0.339 e. The second-order valence-electron chi connectivity index (χ2n) is 12.0. The Morgan fingerprint density at radius 2 is 1.68 bits per heavy atom. The Balaban J connectivity index is 0.00000370. The Bertz CT molecular complexity index is 1490. The first-order valence-electron chi connectivity index (χ1n) is 14.8. The van der Waals surface area contributed by atoms with Crippen LogP contribution in [0.4, 0.5) is 0 Å². The summed E-state index contributed by atoms with van der Waals surface area (Å²) in [7, 11) is 0. The van der Waals surface area contributed by atoms with Crippen molar-refractivity contribution in [1.29, 1.82) is 0 Å². The lowest BCUT2D eigenvalue weighted by atomic mass is 10.1. The SMILES string of the molecule is CC(C)CCN(CCC(C)C)C(=O)c1ccc2c(c1)n(CCCN1CCCCC1)c1nc3ccsc3c(=O)n21.Cl. The van der Waals surface area contributed by atoms with Crippen molar-refractivity contribution in [3.8, 4) is 0 Å². The molecule has 4 aromatic rings. The zero-order valence-electron chi connectivity index (χ0n) is 24.4. The number of nitrogens with zero attached hydrogens (tertiary/aromatic N) is 5. The molecule has 1 aliphatic rings. The molecule has 3 aromatic heterocycles. The van der Waals surface area contributed by atoms with E-state index in [1.165, 1.54) is 43.7 Å². The van der Waals surface area contributed by atoms with Crippen LogP contribution in [0, 0.1) is 11.8 Å². The summed E-state index contributed by atoms with van der Waals surface area (Å²) >= 11 is 1.44. The van der Waals surface area contributed by atoms with E-state index in [-0.39, 0.29) is 23.9 Å². The normalized spacial score (nSPS) is 14.6. The number of likely N-dealkylation sites (tertiary alicyclic amines) is 1. The highest BCUT2D eigenvalue weighted by atomic mass is 35.5.